The third-order valence-corrected chi connectivity index (χ3v) is 7.41. The zero-order chi connectivity index (χ0) is 22.4. The highest BCUT2D eigenvalue weighted by atomic mass is 35.5. The van der Waals surface area contributed by atoms with Crippen molar-refractivity contribution in [3.05, 3.63) is 52.5 Å². The third kappa shape index (κ3) is 6.04. The minimum absolute atomic E-state index is 0.0716. The first kappa shape index (κ1) is 23.7. The maximum atomic E-state index is 12.8. The Morgan fingerprint density at radius 3 is 2.35 bits per heavy atom. The topological polar surface area (TPSA) is 82.1 Å². The van der Waals surface area contributed by atoms with Crippen molar-refractivity contribution in [1.82, 2.24) is 4.31 Å². The van der Waals surface area contributed by atoms with Crippen LogP contribution in [0.15, 0.2) is 47.4 Å². The molecule has 0 bridgehead atoms. The molecular formula is C21H23Cl2NO6S. The molecule has 0 unspecified atom stereocenters. The van der Waals surface area contributed by atoms with Crippen molar-refractivity contribution in [1.29, 1.82) is 0 Å². The molecule has 2 aromatic rings. The van der Waals surface area contributed by atoms with Gasteiger partial charge in [-0.05, 0) is 55.3 Å². The van der Waals surface area contributed by atoms with Crippen molar-refractivity contribution < 1.29 is 27.4 Å². The van der Waals surface area contributed by atoms with Crippen molar-refractivity contribution in [3.8, 4) is 11.5 Å². The van der Waals surface area contributed by atoms with E-state index >= 15 is 0 Å². The highest BCUT2D eigenvalue weighted by Gasteiger charge is 2.32. The highest BCUT2D eigenvalue weighted by molar-refractivity contribution is 7.89. The van der Waals surface area contributed by atoms with Gasteiger partial charge in [-0.15, -0.1) is 0 Å². The predicted octanol–water partition coefficient (Wildman–Crippen LogP) is 4.02. The number of sulfonamides is 1. The number of benzene rings is 2. The Balaban J connectivity index is 1.44. The number of methoxy groups -OCH3 is 1. The highest BCUT2D eigenvalue weighted by Crippen LogP contribution is 2.28. The quantitative estimate of drug-likeness (QED) is 0.413. The summed E-state index contributed by atoms with van der Waals surface area (Å²) in [5.41, 5.74) is 0. The van der Waals surface area contributed by atoms with E-state index in [1.54, 1.807) is 30.3 Å². The van der Waals surface area contributed by atoms with Crippen LogP contribution in [-0.4, -0.2) is 52.1 Å². The Labute approximate surface area is 191 Å². The van der Waals surface area contributed by atoms with E-state index in [9.17, 15) is 13.2 Å². The van der Waals surface area contributed by atoms with E-state index in [2.05, 4.69) is 0 Å². The van der Waals surface area contributed by atoms with Gasteiger partial charge in [0.15, 0.2) is 0 Å². The second-order valence-corrected chi connectivity index (χ2v) is 9.73. The van der Waals surface area contributed by atoms with E-state index in [1.165, 1.54) is 23.5 Å². The molecule has 1 aliphatic heterocycles. The summed E-state index contributed by atoms with van der Waals surface area (Å²) in [4.78, 5) is 12.5. The van der Waals surface area contributed by atoms with Gasteiger partial charge in [0, 0.05) is 18.1 Å². The molecule has 10 heteroatoms. The van der Waals surface area contributed by atoms with Crippen LogP contribution in [0.4, 0.5) is 0 Å². The molecule has 1 saturated heterocycles. The lowest BCUT2D eigenvalue weighted by Crippen LogP contribution is -2.40. The second-order valence-electron chi connectivity index (χ2n) is 6.94. The molecule has 1 heterocycles. The lowest BCUT2D eigenvalue weighted by molar-refractivity contribution is -0.150. The molecule has 0 aliphatic carbocycles. The number of hydrogen-bond acceptors (Lipinski definition) is 6. The molecule has 3 rings (SSSR count). The van der Waals surface area contributed by atoms with Crippen LogP contribution in [0.25, 0.3) is 0 Å². The normalized spacial score (nSPS) is 15.5. The number of halogens is 2. The average molecular weight is 488 g/mol. The van der Waals surface area contributed by atoms with E-state index in [0.717, 1.165) is 0 Å². The molecule has 7 nitrogen and oxygen atoms in total. The largest absolute Gasteiger partial charge is 0.497 e. The van der Waals surface area contributed by atoms with E-state index < -0.39 is 10.0 Å². The minimum atomic E-state index is -3.61. The fourth-order valence-corrected chi connectivity index (χ4v) is 5.17. The molecule has 0 saturated carbocycles. The Kier molecular flexibility index (Phi) is 8.05. The van der Waals surface area contributed by atoms with Gasteiger partial charge in [0.25, 0.3) is 0 Å². The molecule has 0 amide bonds. The smallest absolute Gasteiger partial charge is 0.309 e. The van der Waals surface area contributed by atoms with Crippen LogP contribution >= 0.6 is 23.2 Å². The van der Waals surface area contributed by atoms with Crippen LogP contribution in [0.3, 0.4) is 0 Å². The molecular weight excluding hydrogens is 465 g/mol. The standard InChI is InChI=1S/C21H23Cl2NO6S/c1-28-17-3-5-18(6-4-17)31(26,27)24-10-8-15(9-11-24)21(25)30-13-12-29-20-7-2-16(22)14-19(20)23/h2-7,14-15H,8-13H2,1H3. The SMILES string of the molecule is COc1ccc(S(=O)(=O)N2CCC(C(=O)OCCOc3ccc(Cl)cc3Cl)CC2)cc1. The Morgan fingerprint density at radius 1 is 1.06 bits per heavy atom. The van der Waals surface area contributed by atoms with Crippen LogP contribution in [0.2, 0.25) is 10.0 Å². The molecule has 1 fully saturated rings. The van der Waals surface area contributed by atoms with E-state index in [-0.39, 0.29) is 43.1 Å². The maximum absolute atomic E-state index is 12.8. The van der Waals surface area contributed by atoms with Crippen LogP contribution in [-0.2, 0) is 19.6 Å². The third-order valence-electron chi connectivity index (χ3n) is 4.96. The molecule has 31 heavy (non-hydrogen) atoms. The van der Waals surface area contributed by atoms with E-state index in [0.29, 0.717) is 34.4 Å². The van der Waals surface area contributed by atoms with Crippen molar-refractivity contribution in [3.63, 3.8) is 0 Å². The fraction of sp³-hybridized carbons (Fsp3) is 0.381. The number of nitrogens with zero attached hydrogens (tertiary/aromatic N) is 1. The number of carbonyl (C=O) groups excluding carboxylic acids is 1. The first-order valence-electron chi connectivity index (χ1n) is 9.70. The van der Waals surface area contributed by atoms with Crippen LogP contribution in [0.5, 0.6) is 11.5 Å². The molecule has 0 N–H and O–H groups in total. The Morgan fingerprint density at radius 2 is 1.74 bits per heavy atom. The Bertz CT molecular complexity index is 1010. The molecule has 0 radical (unpaired) electrons. The van der Waals surface area contributed by atoms with Gasteiger partial charge < -0.3 is 14.2 Å². The number of esters is 1. The van der Waals surface area contributed by atoms with E-state index in [4.69, 9.17) is 37.4 Å². The van der Waals surface area contributed by atoms with Gasteiger partial charge >= 0.3 is 5.97 Å². The summed E-state index contributed by atoms with van der Waals surface area (Å²) >= 11 is 11.9. The predicted molar refractivity (Wildman–Crippen MR) is 117 cm³/mol. The van der Waals surface area contributed by atoms with Gasteiger partial charge in [-0.25, -0.2) is 8.42 Å². The summed E-state index contributed by atoms with van der Waals surface area (Å²) < 4.78 is 42.8. The van der Waals surface area contributed by atoms with Gasteiger partial charge in [-0.3, -0.25) is 4.79 Å². The van der Waals surface area contributed by atoms with Gasteiger partial charge in [0.2, 0.25) is 10.0 Å². The summed E-state index contributed by atoms with van der Waals surface area (Å²) in [7, 11) is -2.09. The van der Waals surface area contributed by atoms with Gasteiger partial charge in [-0.2, -0.15) is 4.31 Å². The monoisotopic (exact) mass is 487 g/mol. The molecule has 168 valence electrons. The zero-order valence-corrected chi connectivity index (χ0v) is 19.3. The number of rotatable bonds is 8. The van der Waals surface area contributed by atoms with Gasteiger partial charge in [-0.1, -0.05) is 23.2 Å². The summed E-state index contributed by atoms with van der Waals surface area (Å²) in [6.45, 7) is 0.732. The van der Waals surface area contributed by atoms with Crippen molar-refractivity contribution >= 4 is 39.2 Å². The Hall–Kier alpha value is -2.00. The molecule has 2 aromatic carbocycles. The summed E-state index contributed by atoms with van der Waals surface area (Å²) in [5.74, 6) is 0.343. The van der Waals surface area contributed by atoms with Crippen molar-refractivity contribution in [2.45, 2.75) is 17.7 Å². The first-order chi connectivity index (χ1) is 14.8. The summed E-state index contributed by atoms with van der Waals surface area (Å²) in [6.07, 6.45) is 0.802. The van der Waals surface area contributed by atoms with Gasteiger partial charge in [0.1, 0.15) is 24.7 Å². The van der Waals surface area contributed by atoms with Crippen molar-refractivity contribution in [2.75, 3.05) is 33.4 Å². The van der Waals surface area contributed by atoms with Crippen LogP contribution < -0.4 is 9.47 Å². The number of carbonyl (C=O) groups is 1. The van der Waals surface area contributed by atoms with E-state index in [1.807, 2.05) is 0 Å². The lowest BCUT2D eigenvalue weighted by atomic mass is 9.98. The molecule has 0 aromatic heterocycles. The zero-order valence-electron chi connectivity index (χ0n) is 16.9. The van der Waals surface area contributed by atoms with Crippen LogP contribution in [0.1, 0.15) is 12.8 Å². The molecule has 1 aliphatic rings. The maximum Gasteiger partial charge on any atom is 0.309 e. The average Bonchev–Trinajstić information content (AvgIpc) is 2.78. The fourth-order valence-electron chi connectivity index (χ4n) is 3.23. The summed E-state index contributed by atoms with van der Waals surface area (Å²) in [5, 5.41) is 0.883. The lowest BCUT2D eigenvalue weighted by Gasteiger charge is -2.30. The molecule has 0 spiro atoms. The summed E-state index contributed by atoms with van der Waals surface area (Å²) in [6, 6.07) is 11.1. The first-order valence-corrected chi connectivity index (χ1v) is 11.9. The number of hydrogen-bond donors (Lipinski definition) is 0. The van der Waals surface area contributed by atoms with Crippen molar-refractivity contribution in [2.24, 2.45) is 5.92 Å². The minimum Gasteiger partial charge on any atom is -0.497 e. The number of piperidine rings is 1. The van der Waals surface area contributed by atoms with Crippen LogP contribution in [0, 0.1) is 5.92 Å². The number of ether oxygens (including phenoxy) is 3. The second kappa shape index (κ2) is 10.5. The van der Waals surface area contributed by atoms with Gasteiger partial charge in [0.05, 0.1) is 22.9 Å². The molecule has 0 atom stereocenters.